The van der Waals surface area contributed by atoms with Crippen molar-refractivity contribution >= 4 is 32.6 Å². The van der Waals surface area contributed by atoms with Gasteiger partial charge in [-0.3, -0.25) is 14.6 Å². The standard InChI is InChI=1S/C31H39N7O3S/c1-35(2)14-17-38(42(39,40)27-6-4-3-5-7-27)26-12-13-29-28(23-26)34-30(22-24-8-10-25(11-9-24)31(32)33)37(29)16-15-36-18-20-41-21-19-36/h3-13,23H,14-22H2,1-2H3,(H3,32,33). The van der Waals surface area contributed by atoms with Crippen LogP contribution in [0.4, 0.5) is 5.69 Å². The van der Waals surface area contributed by atoms with Crippen LogP contribution in [0.25, 0.3) is 11.0 Å². The molecule has 0 spiro atoms. The highest BCUT2D eigenvalue weighted by Crippen LogP contribution is 2.28. The second-order valence-corrected chi connectivity index (χ2v) is 12.6. The van der Waals surface area contributed by atoms with Crippen molar-refractivity contribution < 1.29 is 13.2 Å². The van der Waals surface area contributed by atoms with Crippen molar-refractivity contribution in [3.05, 3.63) is 89.7 Å². The molecule has 1 aliphatic rings. The Kier molecular flexibility index (Phi) is 9.22. The summed E-state index contributed by atoms with van der Waals surface area (Å²) in [4.78, 5) is 9.67. The number of nitrogens with zero attached hydrogens (tertiary/aromatic N) is 5. The number of morpholine rings is 1. The highest BCUT2D eigenvalue weighted by atomic mass is 32.2. The third-order valence-electron chi connectivity index (χ3n) is 7.55. The SMILES string of the molecule is CN(C)CCN(c1ccc2c(c1)nc(Cc1ccc(C(=N)N)cc1)n2CCN1CCOCC1)S(=O)(=O)c1ccccc1. The van der Waals surface area contributed by atoms with Crippen molar-refractivity contribution in [1.82, 2.24) is 19.4 Å². The van der Waals surface area contributed by atoms with E-state index in [9.17, 15) is 8.42 Å². The molecule has 0 radical (unpaired) electrons. The minimum absolute atomic E-state index is 0.0381. The van der Waals surface area contributed by atoms with Gasteiger partial charge in [-0.1, -0.05) is 42.5 Å². The zero-order valence-electron chi connectivity index (χ0n) is 24.2. The molecule has 0 unspecified atom stereocenters. The second-order valence-electron chi connectivity index (χ2n) is 10.8. The number of nitrogens with one attached hydrogen (secondary N) is 1. The van der Waals surface area contributed by atoms with E-state index in [1.165, 1.54) is 4.31 Å². The summed E-state index contributed by atoms with van der Waals surface area (Å²) in [6.07, 6.45) is 0.595. The molecule has 2 heterocycles. The maximum atomic E-state index is 13.8. The number of hydrogen-bond donors (Lipinski definition) is 2. The van der Waals surface area contributed by atoms with Gasteiger partial charge in [0.1, 0.15) is 11.7 Å². The number of aromatic nitrogens is 2. The van der Waals surface area contributed by atoms with Crippen molar-refractivity contribution in [2.24, 2.45) is 5.73 Å². The number of hydrogen-bond acceptors (Lipinski definition) is 7. The van der Waals surface area contributed by atoms with Crippen LogP contribution in [-0.2, 0) is 27.7 Å². The number of benzene rings is 3. The minimum Gasteiger partial charge on any atom is -0.384 e. The van der Waals surface area contributed by atoms with Crippen LogP contribution >= 0.6 is 0 Å². The molecule has 4 aromatic rings. The summed E-state index contributed by atoms with van der Waals surface area (Å²) < 4.78 is 36.8. The first-order valence-corrected chi connectivity index (χ1v) is 15.6. The van der Waals surface area contributed by atoms with Gasteiger partial charge in [-0.25, -0.2) is 13.4 Å². The third kappa shape index (κ3) is 6.81. The van der Waals surface area contributed by atoms with Crippen LogP contribution in [0.3, 0.4) is 0 Å². The molecule has 1 aromatic heterocycles. The molecular formula is C31H39N7O3S. The predicted octanol–water partition coefficient (Wildman–Crippen LogP) is 3.00. The first-order chi connectivity index (χ1) is 20.2. The Hall–Kier alpha value is -3.77. The van der Waals surface area contributed by atoms with Gasteiger partial charge in [-0.15, -0.1) is 0 Å². The predicted molar refractivity (Wildman–Crippen MR) is 167 cm³/mol. The number of fused-ring (bicyclic) bond motifs is 1. The maximum Gasteiger partial charge on any atom is 0.264 e. The Morgan fingerprint density at radius 3 is 2.36 bits per heavy atom. The highest BCUT2D eigenvalue weighted by molar-refractivity contribution is 7.92. The number of sulfonamides is 1. The van der Waals surface area contributed by atoms with E-state index in [1.807, 2.05) is 67.5 Å². The molecule has 5 rings (SSSR count). The monoisotopic (exact) mass is 589 g/mol. The van der Waals surface area contributed by atoms with E-state index < -0.39 is 10.0 Å². The van der Waals surface area contributed by atoms with Crippen LogP contribution in [0.2, 0.25) is 0 Å². The lowest BCUT2D eigenvalue weighted by molar-refractivity contribution is 0.0364. The number of likely N-dealkylation sites (N-methyl/N-ethyl adjacent to an activating group) is 1. The van der Waals surface area contributed by atoms with Crippen LogP contribution in [-0.4, -0.2) is 93.6 Å². The Bertz CT molecular complexity index is 1610. The van der Waals surface area contributed by atoms with E-state index in [1.54, 1.807) is 24.3 Å². The van der Waals surface area contributed by atoms with Crippen LogP contribution in [0, 0.1) is 5.41 Å². The number of ether oxygens (including phenoxy) is 1. The van der Waals surface area contributed by atoms with Gasteiger partial charge in [0, 0.05) is 51.3 Å². The quantitative estimate of drug-likeness (QED) is 0.193. The summed E-state index contributed by atoms with van der Waals surface area (Å²) in [5, 5.41) is 7.69. The zero-order chi connectivity index (χ0) is 29.7. The molecule has 11 heteroatoms. The van der Waals surface area contributed by atoms with Crippen molar-refractivity contribution in [3.63, 3.8) is 0 Å². The number of anilines is 1. The first kappa shape index (κ1) is 29.7. The largest absolute Gasteiger partial charge is 0.384 e. The van der Waals surface area contributed by atoms with Gasteiger partial charge in [0.15, 0.2) is 0 Å². The number of nitrogens with two attached hydrogens (primary N) is 1. The van der Waals surface area contributed by atoms with Gasteiger partial charge < -0.3 is 19.9 Å². The van der Waals surface area contributed by atoms with Crippen LogP contribution in [0.5, 0.6) is 0 Å². The Balaban J connectivity index is 1.52. The molecule has 0 amide bonds. The number of rotatable bonds is 12. The lowest BCUT2D eigenvalue weighted by atomic mass is 10.1. The lowest BCUT2D eigenvalue weighted by Gasteiger charge is -2.27. The molecule has 1 saturated heterocycles. The van der Waals surface area contributed by atoms with Gasteiger partial charge in [0.05, 0.1) is 34.8 Å². The summed E-state index contributed by atoms with van der Waals surface area (Å²) in [5.41, 5.74) is 9.69. The highest BCUT2D eigenvalue weighted by Gasteiger charge is 2.26. The van der Waals surface area contributed by atoms with E-state index in [-0.39, 0.29) is 10.7 Å². The molecule has 0 saturated carbocycles. The lowest BCUT2D eigenvalue weighted by Crippen LogP contribution is -2.38. The van der Waals surface area contributed by atoms with Gasteiger partial charge in [0.25, 0.3) is 10.0 Å². The molecular weight excluding hydrogens is 550 g/mol. The number of amidine groups is 1. The summed E-state index contributed by atoms with van der Waals surface area (Å²) in [6.45, 7) is 5.77. The van der Waals surface area contributed by atoms with Gasteiger partial charge in [-0.2, -0.15) is 0 Å². The first-order valence-electron chi connectivity index (χ1n) is 14.2. The molecule has 10 nitrogen and oxygen atoms in total. The van der Waals surface area contributed by atoms with Crippen molar-refractivity contribution in [3.8, 4) is 0 Å². The maximum absolute atomic E-state index is 13.8. The zero-order valence-corrected chi connectivity index (χ0v) is 25.1. The topological polar surface area (TPSA) is 121 Å². The molecule has 1 fully saturated rings. The van der Waals surface area contributed by atoms with E-state index in [4.69, 9.17) is 20.9 Å². The van der Waals surface area contributed by atoms with Crippen LogP contribution in [0.15, 0.2) is 77.7 Å². The smallest absolute Gasteiger partial charge is 0.264 e. The Morgan fingerprint density at radius 1 is 0.976 bits per heavy atom. The molecule has 3 aromatic carbocycles. The van der Waals surface area contributed by atoms with Gasteiger partial charge in [0.2, 0.25) is 0 Å². The summed E-state index contributed by atoms with van der Waals surface area (Å²) in [7, 11) is 0.0847. The van der Waals surface area contributed by atoms with E-state index >= 15 is 0 Å². The second kappa shape index (κ2) is 13.0. The average Bonchev–Trinajstić information content (AvgIpc) is 3.33. The fourth-order valence-electron chi connectivity index (χ4n) is 5.16. The van der Waals surface area contributed by atoms with Crippen molar-refractivity contribution in [2.45, 2.75) is 17.9 Å². The van der Waals surface area contributed by atoms with Crippen molar-refractivity contribution in [1.29, 1.82) is 5.41 Å². The summed E-state index contributed by atoms with van der Waals surface area (Å²) in [6, 6.07) is 22.0. The average molecular weight is 590 g/mol. The minimum atomic E-state index is -3.78. The van der Waals surface area contributed by atoms with E-state index in [2.05, 4.69) is 9.47 Å². The molecule has 42 heavy (non-hydrogen) atoms. The Labute approximate surface area is 247 Å². The molecule has 222 valence electrons. The van der Waals surface area contributed by atoms with Crippen molar-refractivity contribution in [2.75, 3.05) is 64.3 Å². The molecule has 1 aliphatic heterocycles. The fourth-order valence-corrected chi connectivity index (χ4v) is 6.63. The Morgan fingerprint density at radius 2 is 1.69 bits per heavy atom. The van der Waals surface area contributed by atoms with E-state index in [0.29, 0.717) is 30.8 Å². The number of nitrogen functional groups attached to an aromatic ring is 1. The normalized spacial score (nSPS) is 14.5. The third-order valence-corrected chi connectivity index (χ3v) is 9.39. The molecule has 0 atom stereocenters. The fraction of sp³-hybridized carbons (Fsp3) is 0.355. The van der Waals surface area contributed by atoms with Crippen LogP contribution in [0.1, 0.15) is 17.0 Å². The van der Waals surface area contributed by atoms with Gasteiger partial charge >= 0.3 is 0 Å². The van der Waals surface area contributed by atoms with Gasteiger partial charge in [-0.05, 0) is 50.0 Å². The molecule has 0 aliphatic carbocycles. The molecule has 0 bridgehead atoms. The summed E-state index contributed by atoms with van der Waals surface area (Å²) in [5.74, 6) is 0.938. The summed E-state index contributed by atoms with van der Waals surface area (Å²) >= 11 is 0. The number of imidazole rings is 1. The molecule has 3 N–H and O–H groups in total. The van der Waals surface area contributed by atoms with Crippen LogP contribution < -0.4 is 10.0 Å². The van der Waals surface area contributed by atoms with E-state index in [0.717, 1.165) is 61.8 Å².